The van der Waals surface area contributed by atoms with Gasteiger partial charge in [0.05, 0.1) is 12.5 Å². The lowest BCUT2D eigenvalue weighted by molar-refractivity contribution is -0.136. The molecule has 2 aromatic carbocycles. The number of aryl methyl sites for hydroxylation is 1. The molecule has 0 aromatic heterocycles. The van der Waals surface area contributed by atoms with E-state index >= 15 is 0 Å². The second kappa shape index (κ2) is 7.11. The fourth-order valence-corrected chi connectivity index (χ4v) is 1.77. The minimum absolute atomic E-state index is 0.149. The van der Waals surface area contributed by atoms with Gasteiger partial charge in [0, 0.05) is 0 Å². The minimum Gasteiger partial charge on any atom is -0.482 e. The first-order valence-electron chi connectivity index (χ1n) is 6.53. The second-order valence-electron chi connectivity index (χ2n) is 4.56. The topological polar surface area (TPSA) is 59.3 Å². The maximum Gasteiger partial charge on any atom is 0.349 e. The first-order chi connectivity index (χ1) is 10.2. The molecular weight excluding hydrogens is 266 g/mol. The number of hydrogen-bond donors (Lipinski definition) is 0. The van der Waals surface area contributed by atoms with Crippen LogP contribution in [0.5, 0.6) is 11.5 Å². The largest absolute Gasteiger partial charge is 0.482 e. The standard InChI is InChI=1S/C17H15NO3/c1-13-3-2-4-16(11-13)20-12-17(19)21-15-7-5-14(6-8-15)9-10-18/h2-8,11H,9,12H2,1H3. The number of benzene rings is 2. The van der Waals surface area contributed by atoms with E-state index in [4.69, 9.17) is 14.7 Å². The normalized spacial score (nSPS) is 9.71. The predicted molar refractivity (Wildman–Crippen MR) is 78.1 cm³/mol. The Hall–Kier alpha value is -2.80. The molecular formula is C17H15NO3. The molecule has 0 amide bonds. The molecule has 0 N–H and O–H groups in total. The Morgan fingerprint density at radius 1 is 1.14 bits per heavy atom. The number of nitrogens with zero attached hydrogens (tertiary/aromatic N) is 1. The molecule has 0 saturated carbocycles. The molecule has 0 fully saturated rings. The van der Waals surface area contributed by atoms with E-state index in [1.807, 2.05) is 25.1 Å². The lowest BCUT2D eigenvalue weighted by atomic mass is 10.2. The highest BCUT2D eigenvalue weighted by atomic mass is 16.6. The van der Waals surface area contributed by atoms with Crippen LogP contribution in [0.15, 0.2) is 48.5 Å². The summed E-state index contributed by atoms with van der Waals surface area (Å²) >= 11 is 0. The maximum absolute atomic E-state index is 11.7. The number of carbonyl (C=O) groups excluding carboxylic acids is 1. The van der Waals surface area contributed by atoms with Crippen molar-refractivity contribution in [3.05, 3.63) is 59.7 Å². The van der Waals surface area contributed by atoms with Gasteiger partial charge in [-0.1, -0.05) is 24.3 Å². The van der Waals surface area contributed by atoms with Gasteiger partial charge in [-0.3, -0.25) is 0 Å². The van der Waals surface area contributed by atoms with Crippen molar-refractivity contribution in [2.45, 2.75) is 13.3 Å². The zero-order valence-corrected chi connectivity index (χ0v) is 11.7. The summed E-state index contributed by atoms with van der Waals surface area (Å²) in [7, 11) is 0. The molecule has 0 heterocycles. The second-order valence-corrected chi connectivity index (χ2v) is 4.56. The van der Waals surface area contributed by atoms with Gasteiger partial charge in [0.1, 0.15) is 11.5 Å². The van der Waals surface area contributed by atoms with E-state index < -0.39 is 5.97 Å². The first-order valence-corrected chi connectivity index (χ1v) is 6.53. The van der Waals surface area contributed by atoms with Crippen molar-refractivity contribution in [1.82, 2.24) is 0 Å². The highest BCUT2D eigenvalue weighted by Crippen LogP contribution is 2.14. The molecule has 0 aliphatic rings. The van der Waals surface area contributed by atoms with Gasteiger partial charge < -0.3 is 9.47 Å². The Balaban J connectivity index is 1.85. The SMILES string of the molecule is Cc1cccc(OCC(=O)Oc2ccc(CC#N)cc2)c1. The van der Waals surface area contributed by atoms with Gasteiger partial charge in [0.15, 0.2) is 6.61 Å². The molecule has 0 aliphatic carbocycles. The summed E-state index contributed by atoms with van der Waals surface area (Å²) in [6.07, 6.45) is 0.338. The van der Waals surface area contributed by atoms with Gasteiger partial charge in [-0.05, 0) is 42.3 Å². The Morgan fingerprint density at radius 2 is 1.90 bits per heavy atom. The molecule has 2 aromatic rings. The third-order valence-corrected chi connectivity index (χ3v) is 2.78. The predicted octanol–water partition coefficient (Wildman–Crippen LogP) is 3.05. The van der Waals surface area contributed by atoms with E-state index in [2.05, 4.69) is 6.07 Å². The van der Waals surface area contributed by atoms with E-state index in [1.54, 1.807) is 30.3 Å². The van der Waals surface area contributed by atoms with Crippen LogP contribution in [-0.4, -0.2) is 12.6 Å². The van der Waals surface area contributed by atoms with Crippen LogP contribution in [0.3, 0.4) is 0 Å². The molecule has 0 radical (unpaired) electrons. The van der Waals surface area contributed by atoms with E-state index in [1.165, 1.54) is 0 Å². The average molecular weight is 281 g/mol. The molecule has 0 aliphatic heterocycles. The molecule has 4 heteroatoms. The zero-order valence-electron chi connectivity index (χ0n) is 11.7. The number of ether oxygens (including phenoxy) is 2. The molecule has 21 heavy (non-hydrogen) atoms. The minimum atomic E-state index is -0.468. The van der Waals surface area contributed by atoms with E-state index in [-0.39, 0.29) is 6.61 Å². The highest BCUT2D eigenvalue weighted by molar-refractivity contribution is 5.73. The summed E-state index contributed by atoms with van der Waals surface area (Å²) in [5, 5.41) is 8.58. The summed E-state index contributed by atoms with van der Waals surface area (Å²) in [6.45, 7) is 1.80. The van der Waals surface area contributed by atoms with E-state index in [0.29, 0.717) is 17.9 Å². The summed E-state index contributed by atoms with van der Waals surface area (Å²) in [4.78, 5) is 11.7. The molecule has 0 spiro atoms. The van der Waals surface area contributed by atoms with Crippen molar-refractivity contribution >= 4 is 5.97 Å². The molecule has 0 bridgehead atoms. The van der Waals surface area contributed by atoms with E-state index in [0.717, 1.165) is 11.1 Å². The number of rotatable bonds is 5. The Labute approximate surface area is 123 Å². The Kier molecular flexibility index (Phi) is 4.94. The van der Waals surface area contributed by atoms with Crippen LogP contribution in [0.1, 0.15) is 11.1 Å². The number of esters is 1. The fourth-order valence-electron chi connectivity index (χ4n) is 1.77. The van der Waals surface area contributed by atoms with Crippen LogP contribution >= 0.6 is 0 Å². The monoisotopic (exact) mass is 281 g/mol. The van der Waals surface area contributed by atoms with Gasteiger partial charge in [-0.2, -0.15) is 5.26 Å². The van der Waals surface area contributed by atoms with Crippen LogP contribution in [0, 0.1) is 18.3 Å². The number of nitriles is 1. The summed E-state index contributed by atoms with van der Waals surface area (Å²) in [6, 6.07) is 16.4. The Bertz CT molecular complexity index is 656. The highest BCUT2D eigenvalue weighted by Gasteiger charge is 2.06. The van der Waals surface area contributed by atoms with E-state index in [9.17, 15) is 4.79 Å². The zero-order chi connectivity index (χ0) is 15.1. The van der Waals surface area contributed by atoms with Gasteiger partial charge in [0.25, 0.3) is 0 Å². The molecule has 2 rings (SSSR count). The quantitative estimate of drug-likeness (QED) is 0.624. The van der Waals surface area contributed by atoms with Gasteiger partial charge in [-0.25, -0.2) is 4.79 Å². The average Bonchev–Trinajstić information content (AvgIpc) is 2.48. The Morgan fingerprint density at radius 3 is 2.57 bits per heavy atom. The van der Waals surface area contributed by atoms with Crippen molar-refractivity contribution in [2.75, 3.05) is 6.61 Å². The van der Waals surface area contributed by atoms with Crippen molar-refractivity contribution < 1.29 is 14.3 Å². The van der Waals surface area contributed by atoms with Gasteiger partial charge in [-0.15, -0.1) is 0 Å². The maximum atomic E-state index is 11.7. The summed E-state index contributed by atoms with van der Waals surface area (Å²) in [5.41, 5.74) is 1.95. The van der Waals surface area contributed by atoms with Crippen LogP contribution in [0.25, 0.3) is 0 Å². The third kappa shape index (κ3) is 4.66. The fraction of sp³-hybridized carbons (Fsp3) is 0.176. The molecule has 4 nitrogen and oxygen atoms in total. The van der Waals surface area contributed by atoms with Gasteiger partial charge >= 0.3 is 5.97 Å². The van der Waals surface area contributed by atoms with Crippen LogP contribution in [0.4, 0.5) is 0 Å². The number of carbonyl (C=O) groups is 1. The summed E-state index contributed by atoms with van der Waals surface area (Å²) in [5.74, 6) is 0.607. The van der Waals surface area contributed by atoms with Crippen LogP contribution in [-0.2, 0) is 11.2 Å². The lowest BCUT2D eigenvalue weighted by Gasteiger charge is -2.07. The molecule has 106 valence electrons. The summed E-state index contributed by atoms with van der Waals surface area (Å²) < 4.78 is 10.5. The van der Waals surface area contributed by atoms with Crippen LogP contribution in [0.2, 0.25) is 0 Å². The first kappa shape index (κ1) is 14.6. The van der Waals surface area contributed by atoms with Crippen molar-refractivity contribution in [1.29, 1.82) is 5.26 Å². The molecule has 0 atom stereocenters. The van der Waals surface area contributed by atoms with Crippen LogP contribution < -0.4 is 9.47 Å². The van der Waals surface area contributed by atoms with Crippen molar-refractivity contribution in [2.24, 2.45) is 0 Å². The lowest BCUT2D eigenvalue weighted by Crippen LogP contribution is -2.17. The smallest absolute Gasteiger partial charge is 0.349 e. The van der Waals surface area contributed by atoms with Gasteiger partial charge in [0.2, 0.25) is 0 Å². The van der Waals surface area contributed by atoms with Crippen molar-refractivity contribution in [3.63, 3.8) is 0 Å². The molecule has 0 unspecified atom stereocenters. The van der Waals surface area contributed by atoms with Crippen molar-refractivity contribution in [3.8, 4) is 17.6 Å². The third-order valence-electron chi connectivity index (χ3n) is 2.78. The molecule has 0 saturated heterocycles. The number of hydrogen-bond acceptors (Lipinski definition) is 4.